The molecular weight excluding hydrogens is 439 g/mol. The van der Waals surface area contributed by atoms with Crippen LogP contribution in [-0.2, 0) is 9.59 Å². The number of ether oxygens (including phenoxy) is 2. The second kappa shape index (κ2) is 10.9. The number of carbonyl (C=O) groups excluding carboxylic acids is 3. The van der Waals surface area contributed by atoms with Crippen LogP contribution < -0.4 is 19.7 Å². The summed E-state index contributed by atoms with van der Waals surface area (Å²) in [5.74, 6) is -0.981. The molecule has 0 saturated heterocycles. The Bertz CT molecular complexity index is 1010. The van der Waals surface area contributed by atoms with Crippen molar-refractivity contribution in [3.63, 3.8) is 0 Å². The molecule has 32 heavy (non-hydrogen) atoms. The van der Waals surface area contributed by atoms with E-state index in [1.807, 2.05) is 6.92 Å². The van der Waals surface area contributed by atoms with Crippen molar-refractivity contribution in [3.05, 3.63) is 52.8 Å². The highest BCUT2D eigenvalue weighted by molar-refractivity contribution is 6.30. The Balaban J connectivity index is 1.66. The van der Waals surface area contributed by atoms with Crippen molar-refractivity contribution in [2.45, 2.75) is 26.2 Å². The van der Waals surface area contributed by atoms with Gasteiger partial charge in [0.1, 0.15) is 5.75 Å². The maximum absolute atomic E-state index is 13.9. The highest BCUT2D eigenvalue weighted by Crippen LogP contribution is 2.33. The minimum Gasteiger partial charge on any atom is -0.482 e. The highest BCUT2D eigenvalue weighted by Gasteiger charge is 2.26. The zero-order valence-electron chi connectivity index (χ0n) is 17.7. The fourth-order valence-corrected chi connectivity index (χ4v) is 3.35. The lowest BCUT2D eigenvalue weighted by molar-refractivity contribution is -0.122. The first-order valence-corrected chi connectivity index (χ1v) is 10.7. The summed E-state index contributed by atoms with van der Waals surface area (Å²) in [7, 11) is 0. The quantitative estimate of drug-likeness (QED) is 0.543. The van der Waals surface area contributed by atoms with Gasteiger partial charge in [0, 0.05) is 30.1 Å². The summed E-state index contributed by atoms with van der Waals surface area (Å²) in [6.45, 7) is 2.41. The van der Waals surface area contributed by atoms with Gasteiger partial charge in [-0.1, -0.05) is 18.5 Å². The van der Waals surface area contributed by atoms with E-state index < -0.39 is 5.82 Å². The molecule has 0 aliphatic carbocycles. The van der Waals surface area contributed by atoms with Crippen LogP contribution >= 0.6 is 11.6 Å². The molecule has 2 amide bonds. The molecule has 1 heterocycles. The summed E-state index contributed by atoms with van der Waals surface area (Å²) in [6, 6.07) is 8.64. The molecule has 1 aliphatic heterocycles. The monoisotopic (exact) mass is 462 g/mol. The average molecular weight is 463 g/mol. The molecule has 0 unspecified atom stereocenters. The Morgan fingerprint density at radius 2 is 2.06 bits per heavy atom. The molecule has 1 N–H and O–H groups in total. The van der Waals surface area contributed by atoms with Gasteiger partial charge >= 0.3 is 0 Å². The Labute approximate surface area is 190 Å². The summed E-state index contributed by atoms with van der Waals surface area (Å²) in [5.41, 5.74) is 0.751. The lowest BCUT2D eigenvalue weighted by atomic mass is 10.1. The molecule has 0 spiro atoms. The van der Waals surface area contributed by atoms with Crippen LogP contribution in [0, 0.1) is 5.82 Å². The molecule has 1 aliphatic rings. The Hall–Kier alpha value is -3.13. The van der Waals surface area contributed by atoms with Gasteiger partial charge in [-0.3, -0.25) is 14.4 Å². The second-order valence-corrected chi connectivity index (χ2v) is 7.69. The largest absolute Gasteiger partial charge is 0.482 e. The van der Waals surface area contributed by atoms with Crippen LogP contribution in [-0.4, -0.2) is 43.9 Å². The van der Waals surface area contributed by atoms with E-state index in [1.165, 1.54) is 17.0 Å². The number of Topliss-reactive ketones (excluding diaryl/α,β-unsaturated/α-hetero) is 1. The maximum atomic E-state index is 13.9. The van der Waals surface area contributed by atoms with Gasteiger partial charge in [0.05, 0.1) is 5.69 Å². The number of rotatable bonds is 10. The molecule has 2 aromatic rings. The lowest BCUT2D eigenvalue weighted by Crippen LogP contribution is -2.40. The number of nitrogens with zero attached hydrogens (tertiary/aromatic N) is 1. The zero-order chi connectivity index (χ0) is 23.1. The van der Waals surface area contributed by atoms with Crippen LogP contribution in [0.2, 0.25) is 5.02 Å². The molecule has 7 nitrogen and oxygen atoms in total. The second-order valence-electron chi connectivity index (χ2n) is 7.26. The van der Waals surface area contributed by atoms with Crippen molar-refractivity contribution in [2.75, 3.05) is 31.2 Å². The van der Waals surface area contributed by atoms with E-state index in [-0.39, 0.29) is 41.6 Å². The minimum absolute atomic E-state index is 0.0664. The molecular formula is C23H24ClFN2O5. The molecule has 0 bridgehead atoms. The fraction of sp³-hybridized carbons (Fsp3) is 0.348. The maximum Gasteiger partial charge on any atom is 0.265 e. The Morgan fingerprint density at radius 3 is 2.81 bits per heavy atom. The first-order valence-electron chi connectivity index (χ1n) is 10.3. The van der Waals surface area contributed by atoms with Crippen molar-refractivity contribution in [2.24, 2.45) is 0 Å². The van der Waals surface area contributed by atoms with Gasteiger partial charge in [-0.2, -0.15) is 0 Å². The summed E-state index contributed by atoms with van der Waals surface area (Å²) in [4.78, 5) is 38.3. The van der Waals surface area contributed by atoms with E-state index >= 15 is 0 Å². The molecule has 0 atom stereocenters. The van der Waals surface area contributed by atoms with Crippen LogP contribution in [0.1, 0.15) is 36.5 Å². The topological polar surface area (TPSA) is 84.9 Å². The third kappa shape index (κ3) is 5.97. The molecule has 3 rings (SSSR count). The Kier molecular flexibility index (Phi) is 8.05. The highest BCUT2D eigenvalue weighted by atomic mass is 35.5. The van der Waals surface area contributed by atoms with Gasteiger partial charge in [0.2, 0.25) is 5.91 Å². The van der Waals surface area contributed by atoms with Gasteiger partial charge in [0.15, 0.2) is 30.6 Å². The van der Waals surface area contributed by atoms with E-state index in [0.29, 0.717) is 42.9 Å². The van der Waals surface area contributed by atoms with Gasteiger partial charge in [-0.25, -0.2) is 4.39 Å². The predicted octanol–water partition coefficient (Wildman–Crippen LogP) is 3.77. The molecule has 0 fully saturated rings. The molecule has 170 valence electrons. The number of hydrogen-bond donors (Lipinski definition) is 1. The summed E-state index contributed by atoms with van der Waals surface area (Å²) >= 11 is 5.72. The SMILES string of the molecule is CCCNC(=O)CCCN1C(=O)COc2ccc(C(=O)COc3ccc(Cl)cc3F)cc21. The van der Waals surface area contributed by atoms with Gasteiger partial charge in [-0.05, 0) is 49.2 Å². The van der Waals surface area contributed by atoms with Crippen LogP contribution in [0.15, 0.2) is 36.4 Å². The zero-order valence-corrected chi connectivity index (χ0v) is 18.4. The molecule has 0 aromatic heterocycles. The number of hydrogen-bond acceptors (Lipinski definition) is 5. The predicted molar refractivity (Wildman–Crippen MR) is 118 cm³/mol. The molecule has 9 heteroatoms. The first-order chi connectivity index (χ1) is 15.4. The smallest absolute Gasteiger partial charge is 0.265 e. The third-order valence-corrected chi connectivity index (χ3v) is 5.07. The van der Waals surface area contributed by atoms with E-state index in [0.717, 1.165) is 12.5 Å². The molecule has 2 aromatic carbocycles. The van der Waals surface area contributed by atoms with E-state index in [2.05, 4.69) is 5.32 Å². The van der Waals surface area contributed by atoms with Crippen molar-refractivity contribution in [1.29, 1.82) is 0 Å². The van der Waals surface area contributed by atoms with Crippen molar-refractivity contribution in [3.8, 4) is 11.5 Å². The van der Waals surface area contributed by atoms with Crippen molar-refractivity contribution in [1.82, 2.24) is 5.32 Å². The number of carbonyl (C=O) groups is 3. The van der Waals surface area contributed by atoms with E-state index in [4.69, 9.17) is 21.1 Å². The van der Waals surface area contributed by atoms with Gasteiger partial charge in [-0.15, -0.1) is 0 Å². The third-order valence-electron chi connectivity index (χ3n) is 4.83. The van der Waals surface area contributed by atoms with Crippen molar-refractivity contribution < 1.29 is 28.2 Å². The number of ketones is 1. The average Bonchev–Trinajstić information content (AvgIpc) is 2.78. The van der Waals surface area contributed by atoms with Crippen LogP contribution in [0.5, 0.6) is 11.5 Å². The molecule has 0 radical (unpaired) electrons. The minimum atomic E-state index is -0.663. The fourth-order valence-electron chi connectivity index (χ4n) is 3.19. The Morgan fingerprint density at radius 1 is 1.25 bits per heavy atom. The van der Waals surface area contributed by atoms with E-state index in [9.17, 15) is 18.8 Å². The number of nitrogens with one attached hydrogen (secondary N) is 1. The van der Waals surface area contributed by atoms with Crippen molar-refractivity contribution >= 4 is 34.9 Å². The van der Waals surface area contributed by atoms with Crippen LogP contribution in [0.25, 0.3) is 0 Å². The molecule has 0 saturated carbocycles. The lowest BCUT2D eigenvalue weighted by Gasteiger charge is -2.29. The first kappa shape index (κ1) is 23.5. The van der Waals surface area contributed by atoms with E-state index in [1.54, 1.807) is 18.2 Å². The normalized spacial score (nSPS) is 12.7. The van der Waals surface area contributed by atoms with Gasteiger partial charge < -0.3 is 19.7 Å². The summed E-state index contributed by atoms with van der Waals surface area (Å²) in [5, 5.41) is 3.02. The van der Waals surface area contributed by atoms with Crippen LogP contribution in [0.3, 0.4) is 0 Å². The standard InChI is InChI=1S/C23H24ClFN2O5/c1-2-9-26-22(29)4-3-10-27-18-11-15(5-7-21(18)32-14-23(27)30)19(28)13-31-20-8-6-16(24)12-17(20)25/h5-8,11-12H,2-4,9-10,13-14H2,1H3,(H,26,29). The number of fused-ring (bicyclic) bond motifs is 1. The van der Waals surface area contributed by atoms with Gasteiger partial charge in [0.25, 0.3) is 5.91 Å². The summed E-state index contributed by atoms with van der Waals surface area (Å²) < 4.78 is 24.6. The number of halogens is 2. The number of anilines is 1. The summed E-state index contributed by atoms with van der Waals surface area (Å²) in [6.07, 6.45) is 1.61. The number of benzene rings is 2. The van der Waals surface area contributed by atoms with Crippen LogP contribution in [0.4, 0.5) is 10.1 Å². The number of amides is 2.